The molecular weight excluding hydrogens is 458 g/mol. The summed E-state index contributed by atoms with van der Waals surface area (Å²) in [5, 5.41) is 22.7. The van der Waals surface area contributed by atoms with Crippen molar-refractivity contribution in [1.29, 1.82) is 0 Å². The molecule has 10 heteroatoms. The van der Waals surface area contributed by atoms with Gasteiger partial charge in [-0.2, -0.15) is 4.98 Å². The molecule has 1 unspecified atom stereocenters. The van der Waals surface area contributed by atoms with E-state index in [1.807, 2.05) is 32.0 Å². The van der Waals surface area contributed by atoms with Crippen LogP contribution in [-0.4, -0.2) is 30.6 Å². The Hall–Kier alpha value is -4.86. The molecule has 10 nitrogen and oxygen atoms in total. The van der Waals surface area contributed by atoms with E-state index in [0.717, 1.165) is 16.7 Å². The van der Waals surface area contributed by atoms with Crippen LogP contribution in [0.25, 0.3) is 11.4 Å². The van der Waals surface area contributed by atoms with Crippen LogP contribution >= 0.6 is 0 Å². The number of nitro groups is 1. The summed E-state index contributed by atoms with van der Waals surface area (Å²) in [7, 11) is 0. The monoisotopic (exact) mass is 481 g/mol. The molecule has 2 aromatic heterocycles. The summed E-state index contributed by atoms with van der Waals surface area (Å²) < 4.78 is 1.54. The molecule has 1 atom stereocenters. The third-order valence-corrected chi connectivity index (χ3v) is 6.21. The number of nitrogens with one attached hydrogen (secondary N) is 2. The molecule has 4 aromatic rings. The molecule has 0 bridgehead atoms. The van der Waals surface area contributed by atoms with Crippen molar-refractivity contribution >= 4 is 23.2 Å². The van der Waals surface area contributed by atoms with Crippen LogP contribution < -0.4 is 10.6 Å². The number of para-hydroxylation sites is 1. The first kappa shape index (κ1) is 22.9. The minimum absolute atomic E-state index is 0.113. The molecule has 0 fully saturated rings. The van der Waals surface area contributed by atoms with Gasteiger partial charge in [0.05, 0.1) is 27.9 Å². The molecule has 36 heavy (non-hydrogen) atoms. The van der Waals surface area contributed by atoms with E-state index >= 15 is 0 Å². The number of fused-ring (bicyclic) bond motifs is 1. The highest BCUT2D eigenvalue weighted by atomic mass is 16.6. The average molecular weight is 482 g/mol. The number of rotatable bonds is 5. The molecule has 2 aromatic carbocycles. The first-order valence-electron chi connectivity index (χ1n) is 11.3. The fourth-order valence-electron chi connectivity index (χ4n) is 4.26. The van der Waals surface area contributed by atoms with Gasteiger partial charge in [-0.05, 0) is 56.2 Å². The van der Waals surface area contributed by atoms with Gasteiger partial charge in [0.15, 0.2) is 5.82 Å². The van der Waals surface area contributed by atoms with Gasteiger partial charge >= 0.3 is 0 Å². The fraction of sp³-hybridized carbons (Fsp3) is 0.154. The number of pyridine rings is 1. The van der Waals surface area contributed by atoms with Gasteiger partial charge in [0.1, 0.15) is 6.04 Å². The number of hydrogen-bond donors (Lipinski definition) is 2. The molecule has 1 aliphatic heterocycles. The van der Waals surface area contributed by atoms with E-state index in [9.17, 15) is 14.9 Å². The predicted molar refractivity (Wildman–Crippen MR) is 135 cm³/mol. The maximum atomic E-state index is 13.5. The number of carbonyl (C=O) groups is 1. The minimum Gasteiger partial charge on any atom is -0.328 e. The Labute approximate surface area is 206 Å². The summed E-state index contributed by atoms with van der Waals surface area (Å²) in [5.41, 5.74) is 4.57. The van der Waals surface area contributed by atoms with Crippen LogP contribution in [0.5, 0.6) is 0 Å². The molecule has 1 aliphatic rings. The summed E-state index contributed by atoms with van der Waals surface area (Å²) in [6.45, 7) is 5.78. The summed E-state index contributed by atoms with van der Waals surface area (Å²) >= 11 is 0. The van der Waals surface area contributed by atoms with E-state index in [4.69, 9.17) is 5.10 Å². The third-order valence-electron chi connectivity index (χ3n) is 6.21. The highest BCUT2D eigenvalue weighted by Gasteiger charge is 2.37. The van der Waals surface area contributed by atoms with Gasteiger partial charge in [-0.1, -0.05) is 24.3 Å². The largest absolute Gasteiger partial charge is 0.328 e. The Bertz CT molecular complexity index is 1530. The van der Waals surface area contributed by atoms with Gasteiger partial charge in [-0.15, -0.1) is 5.10 Å². The van der Waals surface area contributed by atoms with Crippen LogP contribution in [-0.2, 0) is 4.79 Å². The quantitative estimate of drug-likeness (QED) is 0.310. The molecule has 0 saturated carbocycles. The number of hydrogen-bond acceptors (Lipinski definition) is 7. The number of nitrogens with zero attached hydrogens (tertiary/aromatic N) is 5. The summed E-state index contributed by atoms with van der Waals surface area (Å²) in [5.74, 6) is 0.415. The van der Waals surface area contributed by atoms with Gasteiger partial charge in [0.25, 0.3) is 11.6 Å². The Morgan fingerprint density at radius 2 is 1.89 bits per heavy atom. The Balaban J connectivity index is 1.66. The maximum Gasteiger partial charge on any atom is 0.275 e. The molecule has 3 heterocycles. The molecule has 2 N–H and O–H groups in total. The van der Waals surface area contributed by atoms with Gasteiger partial charge in [0.2, 0.25) is 5.95 Å². The fourth-order valence-corrected chi connectivity index (χ4v) is 4.26. The normalized spacial score (nSPS) is 14.7. The number of aryl methyl sites for hydroxylation is 2. The zero-order valence-corrected chi connectivity index (χ0v) is 19.9. The first-order chi connectivity index (χ1) is 17.3. The van der Waals surface area contributed by atoms with Gasteiger partial charge < -0.3 is 10.6 Å². The molecule has 0 radical (unpaired) electrons. The molecule has 5 rings (SSSR count). The minimum atomic E-state index is -0.882. The van der Waals surface area contributed by atoms with Crippen LogP contribution in [0.4, 0.5) is 17.3 Å². The van der Waals surface area contributed by atoms with Gasteiger partial charge in [-0.3, -0.25) is 19.9 Å². The van der Waals surface area contributed by atoms with Crippen LogP contribution in [0.15, 0.2) is 78.3 Å². The predicted octanol–water partition coefficient (Wildman–Crippen LogP) is 4.79. The number of amides is 1. The summed E-state index contributed by atoms with van der Waals surface area (Å²) in [6, 6.07) is 14.8. The average Bonchev–Trinajstić information content (AvgIpc) is 3.29. The van der Waals surface area contributed by atoms with Crippen molar-refractivity contribution in [3.63, 3.8) is 0 Å². The Morgan fingerprint density at radius 1 is 1.08 bits per heavy atom. The number of anilines is 2. The van der Waals surface area contributed by atoms with E-state index in [1.54, 1.807) is 43.5 Å². The smallest absolute Gasteiger partial charge is 0.275 e. The number of aromatic nitrogens is 4. The number of carbonyl (C=O) groups excluding carboxylic acids is 1. The topological polar surface area (TPSA) is 128 Å². The van der Waals surface area contributed by atoms with Crippen molar-refractivity contribution in [3.05, 3.63) is 105 Å². The standard InChI is InChI=1S/C26H23N7O3/c1-15-10-11-18(13-16(15)2)24-30-26-28-17(3)22(25(34)29-19-7-6-12-27-14-19)23(32(26)31-24)20-8-4-5-9-21(20)33(35)36/h4-14,23H,1-3H3,(H,29,34)(H,28,30,31). The number of benzene rings is 2. The van der Waals surface area contributed by atoms with E-state index < -0.39 is 16.9 Å². The summed E-state index contributed by atoms with van der Waals surface area (Å²) in [6.07, 6.45) is 3.14. The second kappa shape index (κ2) is 9.06. The zero-order chi connectivity index (χ0) is 25.4. The van der Waals surface area contributed by atoms with Crippen molar-refractivity contribution < 1.29 is 9.72 Å². The second-order valence-corrected chi connectivity index (χ2v) is 8.58. The van der Waals surface area contributed by atoms with Crippen LogP contribution in [0, 0.1) is 24.0 Å². The van der Waals surface area contributed by atoms with Crippen molar-refractivity contribution in [1.82, 2.24) is 19.7 Å². The molecule has 1 amide bonds. The lowest BCUT2D eigenvalue weighted by Crippen LogP contribution is -2.32. The molecule has 0 saturated heterocycles. The molecule has 0 aliphatic carbocycles. The van der Waals surface area contributed by atoms with E-state index in [-0.39, 0.29) is 11.3 Å². The first-order valence-corrected chi connectivity index (χ1v) is 11.3. The Kier molecular flexibility index (Phi) is 5.77. The Morgan fingerprint density at radius 3 is 2.61 bits per heavy atom. The van der Waals surface area contributed by atoms with Crippen LogP contribution in [0.1, 0.15) is 29.7 Å². The zero-order valence-electron chi connectivity index (χ0n) is 19.9. The maximum absolute atomic E-state index is 13.5. The molecule has 180 valence electrons. The van der Waals surface area contributed by atoms with Crippen molar-refractivity contribution in [2.45, 2.75) is 26.8 Å². The van der Waals surface area contributed by atoms with Gasteiger partial charge in [0, 0.05) is 23.5 Å². The lowest BCUT2D eigenvalue weighted by molar-refractivity contribution is -0.385. The number of nitro benzene ring substituents is 1. The second-order valence-electron chi connectivity index (χ2n) is 8.58. The van der Waals surface area contributed by atoms with Crippen LogP contribution in [0.2, 0.25) is 0 Å². The highest BCUT2D eigenvalue weighted by Crippen LogP contribution is 2.40. The van der Waals surface area contributed by atoms with Crippen molar-refractivity contribution in [3.8, 4) is 11.4 Å². The molecule has 0 spiro atoms. The van der Waals surface area contributed by atoms with E-state index in [2.05, 4.69) is 20.6 Å². The highest BCUT2D eigenvalue weighted by molar-refractivity contribution is 6.06. The third kappa shape index (κ3) is 4.09. The summed E-state index contributed by atoms with van der Waals surface area (Å²) in [4.78, 5) is 33.7. The van der Waals surface area contributed by atoms with Crippen LogP contribution in [0.3, 0.4) is 0 Å². The molecular formula is C26H23N7O3. The number of allylic oxidation sites excluding steroid dienone is 1. The van der Waals surface area contributed by atoms with Crippen molar-refractivity contribution in [2.75, 3.05) is 10.6 Å². The van der Waals surface area contributed by atoms with Crippen molar-refractivity contribution in [2.24, 2.45) is 0 Å². The lowest BCUT2D eigenvalue weighted by Gasteiger charge is -2.28. The SMILES string of the molecule is CC1=C(C(=O)Nc2cccnc2)C(c2ccccc2[N+](=O)[O-])n2nc(-c3ccc(C)c(C)c3)nc2N1. The lowest BCUT2D eigenvalue weighted by atomic mass is 9.93. The van der Waals surface area contributed by atoms with E-state index in [0.29, 0.717) is 28.7 Å². The van der Waals surface area contributed by atoms with Gasteiger partial charge in [-0.25, -0.2) is 4.68 Å². The van der Waals surface area contributed by atoms with E-state index in [1.165, 1.54) is 16.9 Å².